The second-order valence-corrected chi connectivity index (χ2v) is 4.39. The van der Waals surface area contributed by atoms with Gasteiger partial charge < -0.3 is 20.5 Å². The van der Waals surface area contributed by atoms with E-state index in [1.54, 1.807) is 0 Å². The van der Waals surface area contributed by atoms with Crippen LogP contribution < -0.4 is 20.5 Å². The standard InChI is InChI=1S/C12H17ClN2O2/c13-10-5-9(7-15-4-2-1-3-14)6-11-12(10)17-8-16-11/h5-6,15H,1-4,7-8,14H2. The molecule has 5 heteroatoms. The van der Waals surface area contributed by atoms with Crippen LogP contribution in [0.2, 0.25) is 5.02 Å². The smallest absolute Gasteiger partial charge is 0.231 e. The highest BCUT2D eigenvalue weighted by Crippen LogP contribution is 2.39. The Hall–Kier alpha value is -0.970. The van der Waals surface area contributed by atoms with E-state index in [0.29, 0.717) is 10.8 Å². The topological polar surface area (TPSA) is 56.5 Å². The van der Waals surface area contributed by atoms with Gasteiger partial charge in [-0.05, 0) is 43.6 Å². The van der Waals surface area contributed by atoms with Crippen molar-refractivity contribution < 1.29 is 9.47 Å². The van der Waals surface area contributed by atoms with Crippen LogP contribution in [0.3, 0.4) is 0 Å². The van der Waals surface area contributed by atoms with E-state index < -0.39 is 0 Å². The van der Waals surface area contributed by atoms with Gasteiger partial charge in [0.05, 0.1) is 5.02 Å². The highest BCUT2D eigenvalue weighted by molar-refractivity contribution is 6.32. The van der Waals surface area contributed by atoms with E-state index in [-0.39, 0.29) is 6.79 Å². The van der Waals surface area contributed by atoms with Crippen molar-refractivity contribution in [2.45, 2.75) is 19.4 Å². The highest BCUT2D eigenvalue weighted by atomic mass is 35.5. The zero-order chi connectivity index (χ0) is 12.1. The SMILES string of the molecule is NCCCCNCc1cc(Cl)c2c(c1)OCO2. The Bertz CT molecular complexity index is 385. The number of ether oxygens (including phenoxy) is 2. The van der Waals surface area contributed by atoms with Gasteiger partial charge in [-0.3, -0.25) is 0 Å². The Balaban J connectivity index is 1.87. The molecule has 0 radical (unpaired) electrons. The number of nitrogens with one attached hydrogen (secondary N) is 1. The molecular formula is C12H17ClN2O2. The van der Waals surface area contributed by atoms with Crippen molar-refractivity contribution in [3.05, 3.63) is 22.7 Å². The average Bonchev–Trinajstić information content (AvgIpc) is 2.77. The summed E-state index contributed by atoms with van der Waals surface area (Å²) >= 11 is 6.09. The number of rotatable bonds is 6. The van der Waals surface area contributed by atoms with Crippen molar-refractivity contribution in [2.75, 3.05) is 19.9 Å². The molecule has 2 rings (SSSR count). The number of fused-ring (bicyclic) bond motifs is 1. The number of hydrogen-bond acceptors (Lipinski definition) is 4. The molecule has 0 aliphatic carbocycles. The molecular weight excluding hydrogens is 240 g/mol. The summed E-state index contributed by atoms with van der Waals surface area (Å²) in [5, 5.41) is 3.95. The van der Waals surface area contributed by atoms with Crippen molar-refractivity contribution in [1.82, 2.24) is 5.32 Å². The Morgan fingerprint density at radius 1 is 1.29 bits per heavy atom. The van der Waals surface area contributed by atoms with E-state index in [2.05, 4.69) is 5.32 Å². The Morgan fingerprint density at radius 2 is 2.18 bits per heavy atom. The molecule has 0 saturated carbocycles. The maximum atomic E-state index is 6.09. The lowest BCUT2D eigenvalue weighted by Gasteiger charge is -2.06. The van der Waals surface area contributed by atoms with Gasteiger partial charge in [0.15, 0.2) is 11.5 Å². The van der Waals surface area contributed by atoms with Crippen LogP contribution in [0.1, 0.15) is 18.4 Å². The molecule has 0 amide bonds. The van der Waals surface area contributed by atoms with Gasteiger partial charge in [-0.1, -0.05) is 11.6 Å². The van der Waals surface area contributed by atoms with E-state index in [4.69, 9.17) is 26.8 Å². The maximum Gasteiger partial charge on any atom is 0.231 e. The minimum absolute atomic E-state index is 0.252. The molecule has 1 aromatic rings. The van der Waals surface area contributed by atoms with Crippen LogP contribution in [0.15, 0.2) is 12.1 Å². The molecule has 1 aliphatic rings. The normalized spacial score (nSPS) is 13.1. The zero-order valence-electron chi connectivity index (χ0n) is 9.67. The molecule has 0 saturated heterocycles. The average molecular weight is 257 g/mol. The summed E-state index contributed by atoms with van der Waals surface area (Å²) in [4.78, 5) is 0. The van der Waals surface area contributed by atoms with Crippen molar-refractivity contribution in [1.29, 1.82) is 0 Å². The largest absolute Gasteiger partial charge is 0.454 e. The fraction of sp³-hybridized carbons (Fsp3) is 0.500. The molecule has 94 valence electrons. The molecule has 17 heavy (non-hydrogen) atoms. The molecule has 0 atom stereocenters. The summed E-state index contributed by atoms with van der Waals surface area (Å²) in [6, 6.07) is 3.87. The summed E-state index contributed by atoms with van der Waals surface area (Å²) in [6.07, 6.45) is 2.14. The highest BCUT2D eigenvalue weighted by Gasteiger charge is 2.17. The molecule has 1 aromatic carbocycles. The second kappa shape index (κ2) is 6.10. The fourth-order valence-electron chi connectivity index (χ4n) is 1.75. The summed E-state index contributed by atoms with van der Waals surface area (Å²) < 4.78 is 10.6. The first kappa shape index (κ1) is 12.5. The summed E-state index contributed by atoms with van der Waals surface area (Å²) in [5.41, 5.74) is 6.53. The van der Waals surface area contributed by atoms with Gasteiger partial charge in [-0.2, -0.15) is 0 Å². The predicted octanol–water partition coefficient (Wildman–Crippen LogP) is 1.90. The number of halogens is 1. The van der Waals surface area contributed by atoms with Gasteiger partial charge in [-0.25, -0.2) is 0 Å². The van der Waals surface area contributed by atoms with Gasteiger partial charge in [0.2, 0.25) is 6.79 Å². The number of benzene rings is 1. The molecule has 3 N–H and O–H groups in total. The minimum Gasteiger partial charge on any atom is -0.454 e. The summed E-state index contributed by atoms with van der Waals surface area (Å²) in [7, 11) is 0. The van der Waals surface area contributed by atoms with Crippen LogP contribution in [0, 0.1) is 0 Å². The molecule has 1 aliphatic heterocycles. The first-order valence-electron chi connectivity index (χ1n) is 5.80. The van der Waals surface area contributed by atoms with E-state index in [1.165, 1.54) is 0 Å². The maximum absolute atomic E-state index is 6.09. The van der Waals surface area contributed by atoms with Crippen molar-refractivity contribution in [3.8, 4) is 11.5 Å². The van der Waals surface area contributed by atoms with Gasteiger partial charge in [0, 0.05) is 6.54 Å². The van der Waals surface area contributed by atoms with Crippen LogP contribution in [-0.2, 0) is 6.54 Å². The molecule has 4 nitrogen and oxygen atoms in total. The van der Waals surface area contributed by atoms with Gasteiger partial charge >= 0.3 is 0 Å². The van der Waals surface area contributed by atoms with Crippen LogP contribution in [0.4, 0.5) is 0 Å². The van der Waals surface area contributed by atoms with Crippen LogP contribution in [0.5, 0.6) is 11.5 Å². The monoisotopic (exact) mass is 256 g/mol. The number of unbranched alkanes of at least 4 members (excludes halogenated alkanes) is 1. The van der Waals surface area contributed by atoms with Crippen molar-refractivity contribution >= 4 is 11.6 Å². The van der Waals surface area contributed by atoms with Gasteiger partial charge in [0.1, 0.15) is 0 Å². The van der Waals surface area contributed by atoms with Crippen LogP contribution >= 0.6 is 11.6 Å². The zero-order valence-corrected chi connectivity index (χ0v) is 10.4. The molecule has 0 spiro atoms. The number of hydrogen-bond donors (Lipinski definition) is 2. The van der Waals surface area contributed by atoms with Gasteiger partial charge in [0.25, 0.3) is 0 Å². The van der Waals surface area contributed by atoms with E-state index in [1.807, 2.05) is 12.1 Å². The van der Waals surface area contributed by atoms with Crippen molar-refractivity contribution in [3.63, 3.8) is 0 Å². The first-order valence-corrected chi connectivity index (χ1v) is 6.18. The summed E-state index contributed by atoms with van der Waals surface area (Å²) in [6.45, 7) is 2.74. The molecule has 0 aromatic heterocycles. The molecule has 0 fully saturated rings. The summed E-state index contributed by atoms with van der Waals surface area (Å²) in [5.74, 6) is 1.38. The van der Waals surface area contributed by atoms with E-state index in [9.17, 15) is 0 Å². The quantitative estimate of drug-likeness (QED) is 0.764. The van der Waals surface area contributed by atoms with Crippen LogP contribution in [-0.4, -0.2) is 19.9 Å². The molecule has 0 bridgehead atoms. The lowest BCUT2D eigenvalue weighted by atomic mass is 10.2. The van der Waals surface area contributed by atoms with Crippen molar-refractivity contribution in [2.24, 2.45) is 5.73 Å². The molecule has 1 heterocycles. The minimum atomic E-state index is 0.252. The fourth-order valence-corrected chi connectivity index (χ4v) is 2.04. The third-order valence-corrected chi connectivity index (χ3v) is 2.90. The number of nitrogens with two attached hydrogens (primary N) is 1. The lowest BCUT2D eigenvalue weighted by Crippen LogP contribution is -2.15. The third kappa shape index (κ3) is 3.25. The second-order valence-electron chi connectivity index (χ2n) is 3.98. The molecule has 0 unspecified atom stereocenters. The first-order chi connectivity index (χ1) is 8.31. The lowest BCUT2D eigenvalue weighted by molar-refractivity contribution is 0.174. The Labute approximate surface area is 106 Å². The van der Waals surface area contributed by atoms with E-state index in [0.717, 1.165) is 43.8 Å². The van der Waals surface area contributed by atoms with E-state index >= 15 is 0 Å². The Morgan fingerprint density at radius 3 is 3.00 bits per heavy atom. The van der Waals surface area contributed by atoms with Gasteiger partial charge in [-0.15, -0.1) is 0 Å². The Kier molecular flexibility index (Phi) is 4.48. The third-order valence-electron chi connectivity index (χ3n) is 2.62. The predicted molar refractivity (Wildman–Crippen MR) is 67.6 cm³/mol. The van der Waals surface area contributed by atoms with Crippen LogP contribution in [0.25, 0.3) is 0 Å².